The van der Waals surface area contributed by atoms with Crippen LogP contribution in [0.15, 0.2) is 52.5 Å². The number of ether oxygens (including phenoxy) is 1. The molecule has 7 heteroatoms. The van der Waals surface area contributed by atoms with Gasteiger partial charge in [-0.05, 0) is 62.8 Å². The summed E-state index contributed by atoms with van der Waals surface area (Å²) < 4.78 is 30.3. The average molecular weight is 404 g/mol. The number of hydrogen-bond donors (Lipinski definition) is 1. The van der Waals surface area contributed by atoms with Gasteiger partial charge in [0.1, 0.15) is 5.75 Å². The molecule has 0 radical (unpaired) electrons. The first-order valence-electron chi connectivity index (χ1n) is 9.33. The fourth-order valence-corrected chi connectivity index (χ4v) is 3.64. The van der Waals surface area contributed by atoms with Crippen LogP contribution >= 0.6 is 0 Å². The lowest BCUT2D eigenvalue weighted by atomic mass is 10.1. The summed E-state index contributed by atoms with van der Waals surface area (Å²) in [6, 6.07) is 12.4. The second kappa shape index (κ2) is 9.71. The van der Waals surface area contributed by atoms with Crippen LogP contribution in [0.25, 0.3) is 0 Å². The van der Waals surface area contributed by atoms with Gasteiger partial charge in [-0.3, -0.25) is 4.90 Å². The highest BCUT2D eigenvalue weighted by molar-refractivity contribution is 7.89. The Bertz CT molecular complexity index is 918. The monoisotopic (exact) mass is 403 g/mol. The van der Waals surface area contributed by atoms with Crippen LogP contribution in [0.2, 0.25) is 0 Å². The maximum absolute atomic E-state index is 12.4. The fourth-order valence-electron chi connectivity index (χ4n) is 2.78. The molecule has 1 N–H and O–H groups in total. The van der Waals surface area contributed by atoms with Crippen LogP contribution < -0.4 is 9.57 Å². The third kappa shape index (κ3) is 5.56. The highest BCUT2D eigenvalue weighted by atomic mass is 32.2. The number of hydrazone groups is 1. The first kappa shape index (κ1) is 21.9. The Morgan fingerprint density at radius 2 is 1.75 bits per heavy atom. The minimum absolute atomic E-state index is 0.187. The van der Waals surface area contributed by atoms with Crippen LogP contribution in [-0.4, -0.2) is 39.2 Å². The van der Waals surface area contributed by atoms with Crippen molar-refractivity contribution in [1.82, 2.24) is 9.73 Å². The number of benzene rings is 2. The van der Waals surface area contributed by atoms with Crippen molar-refractivity contribution in [1.29, 1.82) is 0 Å². The van der Waals surface area contributed by atoms with E-state index in [1.807, 2.05) is 25.1 Å². The number of sulfonamides is 1. The smallest absolute Gasteiger partial charge is 0.276 e. The molecule has 0 saturated carbocycles. The van der Waals surface area contributed by atoms with E-state index in [4.69, 9.17) is 4.74 Å². The Labute approximate surface area is 168 Å². The summed E-state index contributed by atoms with van der Waals surface area (Å²) in [5, 5.41) is 4.11. The van der Waals surface area contributed by atoms with E-state index < -0.39 is 10.0 Å². The van der Waals surface area contributed by atoms with E-state index in [0.717, 1.165) is 42.1 Å². The number of rotatable bonds is 9. The second-order valence-corrected chi connectivity index (χ2v) is 8.25. The molecule has 0 amide bonds. The number of nitrogens with zero attached hydrogens (tertiary/aromatic N) is 2. The lowest BCUT2D eigenvalue weighted by Crippen LogP contribution is -2.23. The highest BCUT2D eigenvalue weighted by Crippen LogP contribution is 2.22. The molecule has 0 saturated heterocycles. The van der Waals surface area contributed by atoms with Gasteiger partial charge in [-0.25, -0.2) is 0 Å². The zero-order chi connectivity index (χ0) is 20.7. The Hall–Kier alpha value is -2.38. The SMILES string of the molecule is CCN(CC)Cc1cc(/C(C)=N\NS(=O)(=O)c2ccc(C)cc2)ccc1OC. The minimum Gasteiger partial charge on any atom is -0.496 e. The largest absolute Gasteiger partial charge is 0.496 e. The van der Waals surface area contributed by atoms with Gasteiger partial charge in [0.15, 0.2) is 0 Å². The van der Waals surface area contributed by atoms with Gasteiger partial charge >= 0.3 is 0 Å². The molecule has 2 rings (SSSR count). The van der Waals surface area contributed by atoms with Gasteiger partial charge in [-0.2, -0.15) is 18.4 Å². The van der Waals surface area contributed by atoms with Gasteiger partial charge in [-0.15, -0.1) is 0 Å². The Morgan fingerprint density at radius 3 is 2.32 bits per heavy atom. The van der Waals surface area contributed by atoms with Crippen molar-refractivity contribution >= 4 is 15.7 Å². The van der Waals surface area contributed by atoms with E-state index in [0.29, 0.717) is 5.71 Å². The van der Waals surface area contributed by atoms with E-state index in [-0.39, 0.29) is 4.90 Å². The van der Waals surface area contributed by atoms with Crippen molar-refractivity contribution in [2.75, 3.05) is 20.2 Å². The normalized spacial score (nSPS) is 12.3. The predicted octanol–water partition coefficient (Wildman–Crippen LogP) is 3.55. The molecule has 0 heterocycles. The Kier molecular flexibility index (Phi) is 7.60. The first-order valence-corrected chi connectivity index (χ1v) is 10.8. The summed E-state index contributed by atoms with van der Waals surface area (Å²) in [6.45, 7) is 10.6. The molecule has 0 aliphatic rings. The molecule has 6 nitrogen and oxygen atoms in total. The predicted molar refractivity (Wildman–Crippen MR) is 113 cm³/mol. The standard InChI is InChI=1S/C21H29N3O3S/c1-6-24(7-2)15-19-14-18(10-13-21(19)27-5)17(4)22-23-28(25,26)20-11-8-16(3)9-12-20/h8-14,23H,6-7,15H2,1-5H3/b22-17-. The molecule has 0 atom stereocenters. The lowest BCUT2D eigenvalue weighted by molar-refractivity contribution is 0.289. The molecule has 0 spiro atoms. The van der Waals surface area contributed by atoms with Gasteiger partial charge < -0.3 is 4.74 Å². The summed E-state index contributed by atoms with van der Waals surface area (Å²) >= 11 is 0. The highest BCUT2D eigenvalue weighted by Gasteiger charge is 2.14. The molecule has 0 aromatic heterocycles. The number of aryl methyl sites for hydroxylation is 1. The van der Waals surface area contributed by atoms with Gasteiger partial charge in [-0.1, -0.05) is 31.5 Å². The third-order valence-electron chi connectivity index (χ3n) is 4.65. The molecule has 0 aliphatic carbocycles. The van der Waals surface area contributed by atoms with Crippen LogP contribution in [0.4, 0.5) is 0 Å². The van der Waals surface area contributed by atoms with E-state index in [2.05, 4.69) is 28.7 Å². The quantitative estimate of drug-likeness (QED) is 0.513. The van der Waals surface area contributed by atoms with E-state index in [9.17, 15) is 8.42 Å². The zero-order valence-electron chi connectivity index (χ0n) is 17.2. The summed E-state index contributed by atoms with van der Waals surface area (Å²) in [7, 11) is -2.05. The molecule has 0 aliphatic heterocycles. The molecule has 152 valence electrons. The van der Waals surface area contributed by atoms with Crippen molar-refractivity contribution < 1.29 is 13.2 Å². The lowest BCUT2D eigenvalue weighted by Gasteiger charge is -2.20. The van der Waals surface area contributed by atoms with Crippen molar-refractivity contribution in [3.05, 3.63) is 59.2 Å². The van der Waals surface area contributed by atoms with Gasteiger partial charge in [0, 0.05) is 12.1 Å². The van der Waals surface area contributed by atoms with Crippen LogP contribution in [0.3, 0.4) is 0 Å². The maximum Gasteiger partial charge on any atom is 0.276 e. The van der Waals surface area contributed by atoms with Crippen LogP contribution in [-0.2, 0) is 16.6 Å². The maximum atomic E-state index is 12.4. The van der Waals surface area contributed by atoms with E-state index in [1.165, 1.54) is 0 Å². The second-order valence-electron chi connectivity index (χ2n) is 6.59. The van der Waals surface area contributed by atoms with Crippen molar-refractivity contribution in [3.8, 4) is 5.75 Å². The van der Waals surface area contributed by atoms with E-state index >= 15 is 0 Å². The van der Waals surface area contributed by atoms with E-state index in [1.54, 1.807) is 38.3 Å². The van der Waals surface area contributed by atoms with Crippen LogP contribution in [0.1, 0.15) is 37.5 Å². The zero-order valence-corrected chi connectivity index (χ0v) is 18.0. The Morgan fingerprint density at radius 1 is 1.11 bits per heavy atom. The average Bonchev–Trinajstić information content (AvgIpc) is 2.70. The van der Waals surface area contributed by atoms with Crippen LogP contribution in [0, 0.1) is 6.92 Å². The van der Waals surface area contributed by atoms with Crippen molar-refractivity contribution in [2.24, 2.45) is 5.10 Å². The first-order chi connectivity index (χ1) is 13.3. The number of methoxy groups -OCH3 is 1. The van der Waals surface area contributed by atoms with Gasteiger partial charge in [0.05, 0.1) is 17.7 Å². The van der Waals surface area contributed by atoms with Gasteiger partial charge in [0.2, 0.25) is 0 Å². The van der Waals surface area contributed by atoms with Crippen LogP contribution in [0.5, 0.6) is 5.75 Å². The van der Waals surface area contributed by atoms with Crippen molar-refractivity contribution in [3.63, 3.8) is 0 Å². The fraction of sp³-hybridized carbons (Fsp3) is 0.381. The summed E-state index contributed by atoms with van der Waals surface area (Å²) in [4.78, 5) is 4.80. The topological polar surface area (TPSA) is 71.0 Å². The molecule has 2 aromatic carbocycles. The third-order valence-corrected chi connectivity index (χ3v) is 5.88. The van der Waals surface area contributed by atoms with Crippen molar-refractivity contribution in [2.45, 2.75) is 39.1 Å². The number of nitrogens with one attached hydrogen (secondary N) is 1. The summed E-state index contributed by atoms with van der Waals surface area (Å²) in [5.41, 5.74) is 3.46. The molecular formula is C21H29N3O3S. The summed E-state index contributed by atoms with van der Waals surface area (Å²) in [6.07, 6.45) is 0. The summed E-state index contributed by atoms with van der Waals surface area (Å²) in [5.74, 6) is 0.809. The molecular weight excluding hydrogens is 374 g/mol. The van der Waals surface area contributed by atoms with Gasteiger partial charge in [0.25, 0.3) is 10.0 Å². The number of hydrogen-bond acceptors (Lipinski definition) is 5. The Balaban J connectivity index is 2.25. The molecule has 28 heavy (non-hydrogen) atoms. The minimum atomic E-state index is -3.70. The molecule has 0 bridgehead atoms. The molecule has 0 unspecified atom stereocenters. The molecule has 0 fully saturated rings. The molecule has 2 aromatic rings.